The lowest BCUT2D eigenvalue weighted by molar-refractivity contribution is -0.138. The quantitative estimate of drug-likeness (QED) is 0.803. The smallest absolute Gasteiger partial charge is 0.303 e. The minimum atomic E-state index is -0.739. The second-order valence-corrected chi connectivity index (χ2v) is 5.37. The van der Waals surface area contributed by atoms with Gasteiger partial charge in [-0.05, 0) is 36.5 Å². The molecule has 0 amide bonds. The van der Waals surface area contributed by atoms with E-state index in [1.54, 1.807) is 17.8 Å². The van der Waals surface area contributed by atoms with Crippen molar-refractivity contribution in [3.8, 4) is 0 Å². The summed E-state index contributed by atoms with van der Waals surface area (Å²) in [5, 5.41) is 8.76. The number of hydrogen-bond donors (Lipinski definition) is 1. The van der Waals surface area contributed by atoms with E-state index in [0.717, 1.165) is 23.5 Å². The zero-order valence-electron chi connectivity index (χ0n) is 8.78. The number of thioether (sulfide) groups is 1. The number of carboxylic acids is 1. The highest BCUT2D eigenvalue weighted by Gasteiger charge is 2.44. The Hall–Kier alpha value is -1.03. The van der Waals surface area contributed by atoms with E-state index >= 15 is 0 Å². The Morgan fingerprint density at radius 1 is 1.50 bits per heavy atom. The summed E-state index contributed by atoms with van der Waals surface area (Å²) in [5.74, 6) is -0.214. The second kappa shape index (κ2) is 4.45. The molecule has 1 aliphatic carbocycles. The first kappa shape index (κ1) is 11.5. The van der Waals surface area contributed by atoms with Gasteiger partial charge >= 0.3 is 5.97 Å². The number of benzene rings is 1. The molecule has 2 rings (SSSR count). The monoisotopic (exact) mass is 240 g/mol. The third-order valence-electron chi connectivity index (χ3n) is 2.82. The first-order valence-corrected chi connectivity index (χ1v) is 6.18. The van der Waals surface area contributed by atoms with Crippen molar-refractivity contribution in [3.63, 3.8) is 0 Å². The summed E-state index contributed by atoms with van der Waals surface area (Å²) in [4.78, 5) is 11.5. The molecular formula is C12H13FO2S. The molecule has 2 nitrogen and oxygen atoms in total. The normalized spacial score (nSPS) is 17.1. The van der Waals surface area contributed by atoms with Crippen molar-refractivity contribution in [2.75, 3.05) is 5.75 Å². The van der Waals surface area contributed by atoms with E-state index in [9.17, 15) is 9.18 Å². The highest BCUT2D eigenvalue weighted by atomic mass is 32.2. The van der Waals surface area contributed by atoms with Gasteiger partial charge in [-0.2, -0.15) is 0 Å². The molecule has 0 spiro atoms. The van der Waals surface area contributed by atoms with Crippen LogP contribution in [0.2, 0.25) is 0 Å². The summed E-state index contributed by atoms with van der Waals surface area (Å²) >= 11 is 1.54. The minimum absolute atomic E-state index is 0.0389. The first-order valence-electron chi connectivity index (χ1n) is 5.20. The Kier molecular flexibility index (Phi) is 3.19. The van der Waals surface area contributed by atoms with Crippen LogP contribution in [0.25, 0.3) is 0 Å². The lowest BCUT2D eigenvalue weighted by atomic mass is 10.1. The van der Waals surface area contributed by atoms with Crippen LogP contribution in [0.5, 0.6) is 0 Å². The molecule has 0 heterocycles. The number of hydrogen-bond acceptors (Lipinski definition) is 2. The first-order chi connectivity index (χ1) is 7.60. The maximum absolute atomic E-state index is 12.9. The van der Waals surface area contributed by atoms with Crippen LogP contribution in [0.4, 0.5) is 4.39 Å². The molecule has 0 unspecified atom stereocenters. The Bertz CT molecular complexity index is 402. The van der Waals surface area contributed by atoms with Crippen LogP contribution in [-0.2, 0) is 4.79 Å². The van der Waals surface area contributed by atoms with Gasteiger partial charge in [0, 0.05) is 10.6 Å². The molecule has 16 heavy (non-hydrogen) atoms. The molecule has 4 heteroatoms. The molecule has 0 bridgehead atoms. The lowest BCUT2D eigenvalue weighted by Crippen LogP contribution is -2.10. The molecule has 0 aliphatic heterocycles. The number of aliphatic carboxylic acids is 1. The van der Waals surface area contributed by atoms with Crippen molar-refractivity contribution in [3.05, 3.63) is 30.1 Å². The van der Waals surface area contributed by atoms with Gasteiger partial charge in [0.05, 0.1) is 6.42 Å². The fourth-order valence-electron chi connectivity index (χ4n) is 1.66. The molecule has 1 aromatic carbocycles. The van der Waals surface area contributed by atoms with Crippen molar-refractivity contribution in [2.45, 2.75) is 24.2 Å². The average Bonchev–Trinajstić information content (AvgIpc) is 2.95. The Morgan fingerprint density at radius 3 is 2.81 bits per heavy atom. The predicted molar refractivity (Wildman–Crippen MR) is 61.0 cm³/mol. The summed E-state index contributed by atoms with van der Waals surface area (Å²) in [5.41, 5.74) is -0.0389. The zero-order valence-corrected chi connectivity index (χ0v) is 9.60. The fraction of sp³-hybridized carbons (Fsp3) is 0.417. The largest absolute Gasteiger partial charge is 0.481 e. The molecule has 1 N–H and O–H groups in total. The van der Waals surface area contributed by atoms with Gasteiger partial charge in [-0.3, -0.25) is 4.79 Å². The van der Waals surface area contributed by atoms with Crippen molar-refractivity contribution in [1.29, 1.82) is 0 Å². The second-order valence-electron chi connectivity index (χ2n) is 4.32. The van der Waals surface area contributed by atoms with Crippen molar-refractivity contribution in [1.82, 2.24) is 0 Å². The van der Waals surface area contributed by atoms with E-state index in [0.29, 0.717) is 0 Å². The van der Waals surface area contributed by atoms with Crippen LogP contribution in [0.1, 0.15) is 19.3 Å². The zero-order chi connectivity index (χ0) is 11.6. The van der Waals surface area contributed by atoms with Crippen molar-refractivity contribution < 1.29 is 14.3 Å². The Labute approximate surface area is 97.9 Å². The number of halogens is 1. The van der Waals surface area contributed by atoms with Crippen molar-refractivity contribution >= 4 is 17.7 Å². The molecule has 0 radical (unpaired) electrons. The van der Waals surface area contributed by atoms with Gasteiger partial charge < -0.3 is 5.11 Å². The molecular weight excluding hydrogens is 227 g/mol. The van der Waals surface area contributed by atoms with E-state index in [4.69, 9.17) is 5.11 Å². The third-order valence-corrected chi connectivity index (χ3v) is 4.17. The Morgan fingerprint density at radius 2 is 2.25 bits per heavy atom. The van der Waals surface area contributed by atoms with Gasteiger partial charge in [-0.15, -0.1) is 11.8 Å². The molecule has 86 valence electrons. The van der Waals surface area contributed by atoms with Gasteiger partial charge in [0.2, 0.25) is 0 Å². The predicted octanol–water partition coefficient (Wildman–Crippen LogP) is 3.17. The van der Waals surface area contributed by atoms with Crippen LogP contribution >= 0.6 is 11.8 Å². The van der Waals surface area contributed by atoms with E-state index in [1.807, 2.05) is 6.07 Å². The van der Waals surface area contributed by atoms with E-state index in [-0.39, 0.29) is 17.7 Å². The van der Waals surface area contributed by atoms with E-state index in [2.05, 4.69) is 0 Å². The summed E-state index contributed by atoms with van der Waals surface area (Å²) in [6, 6.07) is 6.43. The van der Waals surface area contributed by atoms with Gasteiger partial charge in [-0.1, -0.05) is 6.07 Å². The van der Waals surface area contributed by atoms with Crippen LogP contribution in [-0.4, -0.2) is 16.8 Å². The summed E-state index contributed by atoms with van der Waals surface area (Å²) < 4.78 is 12.9. The SMILES string of the molecule is O=C(O)CC1(CSc2cccc(F)c2)CC1. The Balaban J connectivity index is 1.90. The molecule has 0 saturated heterocycles. The fourth-order valence-corrected chi connectivity index (χ4v) is 2.90. The number of carboxylic acid groups (broad SMARTS) is 1. The summed E-state index contributed by atoms with van der Waals surface area (Å²) in [6.45, 7) is 0. The minimum Gasteiger partial charge on any atom is -0.481 e. The van der Waals surface area contributed by atoms with Crippen molar-refractivity contribution in [2.24, 2.45) is 5.41 Å². The van der Waals surface area contributed by atoms with Gasteiger partial charge in [0.25, 0.3) is 0 Å². The van der Waals surface area contributed by atoms with Gasteiger partial charge in [0.15, 0.2) is 0 Å². The third kappa shape index (κ3) is 2.98. The summed E-state index contributed by atoms with van der Waals surface area (Å²) in [6.07, 6.45) is 2.18. The molecule has 0 atom stereocenters. The molecule has 1 fully saturated rings. The molecule has 1 aromatic rings. The number of rotatable bonds is 5. The van der Waals surface area contributed by atoms with Crippen LogP contribution < -0.4 is 0 Å². The standard InChI is InChI=1S/C12H13FO2S/c13-9-2-1-3-10(6-9)16-8-12(4-5-12)7-11(14)15/h1-3,6H,4-5,7-8H2,(H,14,15). The van der Waals surface area contributed by atoms with Gasteiger partial charge in [-0.25, -0.2) is 4.39 Å². The van der Waals surface area contributed by atoms with Crippen LogP contribution in [0.3, 0.4) is 0 Å². The average molecular weight is 240 g/mol. The van der Waals surface area contributed by atoms with E-state index < -0.39 is 5.97 Å². The highest BCUT2D eigenvalue weighted by molar-refractivity contribution is 7.99. The van der Waals surface area contributed by atoms with Gasteiger partial charge in [0.1, 0.15) is 5.82 Å². The lowest BCUT2D eigenvalue weighted by Gasteiger charge is -2.11. The highest BCUT2D eigenvalue weighted by Crippen LogP contribution is 2.51. The number of carbonyl (C=O) groups is 1. The topological polar surface area (TPSA) is 37.3 Å². The molecule has 1 aliphatic rings. The maximum Gasteiger partial charge on any atom is 0.303 e. The maximum atomic E-state index is 12.9. The van der Waals surface area contributed by atoms with Crippen LogP contribution in [0, 0.1) is 11.2 Å². The van der Waals surface area contributed by atoms with E-state index in [1.165, 1.54) is 12.1 Å². The molecule has 0 aromatic heterocycles. The molecule has 1 saturated carbocycles. The summed E-state index contributed by atoms with van der Waals surface area (Å²) in [7, 11) is 0. The van der Waals surface area contributed by atoms with Crippen LogP contribution in [0.15, 0.2) is 29.2 Å².